The van der Waals surface area contributed by atoms with Gasteiger partial charge >= 0.3 is 6.09 Å². The second kappa shape index (κ2) is 11.7. The van der Waals surface area contributed by atoms with Gasteiger partial charge in [-0.25, -0.2) is 9.78 Å². The molecule has 0 unspecified atom stereocenters. The summed E-state index contributed by atoms with van der Waals surface area (Å²) in [4.78, 5) is 22.2. The van der Waals surface area contributed by atoms with Gasteiger partial charge in [0.1, 0.15) is 11.4 Å². The maximum Gasteiger partial charge on any atom is 0.410 e. The number of aromatic nitrogens is 2. The fourth-order valence-electron chi connectivity index (χ4n) is 3.03. The first-order valence-electron chi connectivity index (χ1n) is 10.5. The molecule has 164 valence electrons. The van der Waals surface area contributed by atoms with Gasteiger partial charge in [0.05, 0.1) is 17.6 Å². The number of H-pyrrole nitrogens is 1. The highest BCUT2D eigenvalue weighted by molar-refractivity contribution is 6.04. The predicted octanol–water partition coefficient (Wildman–Crippen LogP) is 6.12. The fraction of sp³-hybridized carbons (Fsp3) is 0.385. The number of nitrogens with one attached hydrogen (secondary N) is 1. The Bertz CT molecular complexity index is 1070. The molecule has 0 aliphatic rings. The largest absolute Gasteiger partial charge is 0.444 e. The van der Waals surface area contributed by atoms with Gasteiger partial charge in [0.15, 0.2) is 0 Å². The van der Waals surface area contributed by atoms with Crippen molar-refractivity contribution in [1.82, 2.24) is 14.9 Å². The maximum atomic E-state index is 12.5. The molecular formula is C26H33N3O2. The molecule has 0 atom stereocenters. The molecule has 3 aromatic rings. The molecule has 31 heavy (non-hydrogen) atoms. The van der Waals surface area contributed by atoms with Gasteiger partial charge in [-0.05, 0) is 50.8 Å². The number of imidazole rings is 1. The minimum atomic E-state index is -0.526. The van der Waals surface area contributed by atoms with Crippen LogP contribution in [0.1, 0.15) is 59.4 Å². The average molecular weight is 420 g/mol. The van der Waals surface area contributed by atoms with Crippen LogP contribution in [0.5, 0.6) is 0 Å². The normalized spacial score (nSPS) is 10.3. The Morgan fingerprint density at radius 1 is 1.19 bits per heavy atom. The molecule has 0 spiro atoms. The lowest BCUT2D eigenvalue weighted by atomic mass is 10.1. The van der Waals surface area contributed by atoms with Gasteiger partial charge in [-0.3, -0.25) is 0 Å². The SMILES string of the molecule is C#C.C#Cc1ccc2c(ccc3[nH]c(CN(CCC)C(=O)OC(C)(C)C)nc32)c1.CC. The van der Waals surface area contributed by atoms with E-state index >= 15 is 0 Å². The Morgan fingerprint density at radius 3 is 2.45 bits per heavy atom. The van der Waals surface area contributed by atoms with Crippen LogP contribution in [-0.2, 0) is 11.3 Å². The van der Waals surface area contributed by atoms with Gasteiger partial charge in [-0.15, -0.1) is 19.3 Å². The first-order valence-corrected chi connectivity index (χ1v) is 10.5. The number of nitrogens with zero attached hydrogens (tertiary/aromatic N) is 2. The van der Waals surface area contributed by atoms with E-state index in [2.05, 4.69) is 23.8 Å². The molecule has 5 heteroatoms. The Morgan fingerprint density at radius 2 is 1.87 bits per heavy atom. The van der Waals surface area contributed by atoms with Crippen LogP contribution in [0.4, 0.5) is 4.79 Å². The topological polar surface area (TPSA) is 58.2 Å². The summed E-state index contributed by atoms with van der Waals surface area (Å²) < 4.78 is 5.52. The molecule has 2 aromatic carbocycles. The summed E-state index contributed by atoms with van der Waals surface area (Å²) in [5.74, 6) is 3.39. The number of hydrogen-bond donors (Lipinski definition) is 1. The number of rotatable bonds is 4. The van der Waals surface area contributed by atoms with E-state index in [9.17, 15) is 4.79 Å². The zero-order chi connectivity index (χ0) is 23.6. The van der Waals surface area contributed by atoms with Crippen LogP contribution in [0.3, 0.4) is 0 Å². The summed E-state index contributed by atoms with van der Waals surface area (Å²) in [5, 5.41) is 2.09. The summed E-state index contributed by atoms with van der Waals surface area (Å²) in [7, 11) is 0. The lowest BCUT2D eigenvalue weighted by Gasteiger charge is -2.26. The number of fused-ring (bicyclic) bond motifs is 3. The van der Waals surface area contributed by atoms with Crippen LogP contribution >= 0.6 is 0 Å². The van der Waals surface area contributed by atoms with Crippen molar-refractivity contribution in [2.75, 3.05) is 6.54 Å². The van der Waals surface area contributed by atoms with Gasteiger partial charge in [-0.2, -0.15) is 0 Å². The highest BCUT2D eigenvalue weighted by Crippen LogP contribution is 2.25. The molecule has 0 fully saturated rings. The Kier molecular flexibility index (Phi) is 9.64. The third-order valence-electron chi connectivity index (χ3n) is 4.17. The van der Waals surface area contributed by atoms with Crippen molar-refractivity contribution in [3.05, 3.63) is 41.7 Å². The molecule has 1 heterocycles. The van der Waals surface area contributed by atoms with Gasteiger partial charge in [-0.1, -0.05) is 38.8 Å². The van der Waals surface area contributed by atoms with E-state index in [4.69, 9.17) is 16.1 Å². The van der Waals surface area contributed by atoms with Crippen LogP contribution in [-0.4, -0.2) is 33.1 Å². The number of carbonyl (C=O) groups excluding carboxylic acids is 1. The molecule has 0 saturated carbocycles. The molecular weight excluding hydrogens is 386 g/mol. The lowest BCUT2D eigenvalue weighted by Crippen LogP contribution is -2.37. The first-order chi connectivity index (χ1) is 14.8. The minimum absolute atomic E-state index is 0.326. The minimum Gasteiger partial charge on any atom is -0.444 e. The maximum absolute atomic E-state index is 12.5. The molecule has 0 saturated heterocycles. The summed E-state index contributed by atoms with van der Waals surface area (Å²) in [5.41, 5.74) is 2.14. The number of ether oxygens (including phenoxy) is 1. The third kappa shape index (κ3) is 6.79. The van der Waals surface area contributed by atoms with Gasteiger partial charge < -0.3 is 14.6 Å². The van der Waals surface area contributed by atoms with Crippen LogP contribution in [0.15, 0.2) is 30.3 Å². The number of hydrogen-bond acceptors (Lipinski definition) is 3. The van der Waals surface area contributed by atoms with Crippen LogP contribution in [0.2, 0.25) is 0 Å². The van der Waals surface area contributed by atoms with E-state index in [0.717, 1.165) is 39.6 Å². The van der Waals surface area contributed by atoms with Crippen LogP contribution in [0, 0.1) is 25.2 Å². The molecule has 1 aromatic heterocycles. The number of aromatic amines is 1. The van der Waals surface area contributed by atoms with Crippen molar-refractivity contribution in [2.24, 2.45) is 0 Å². The van der Waals surface area contributed by atoms with E-state index in [1.807, 2.05) is 71.9 Å². The van der Waals surface area contributed by atoms with Crippen molar-refractivity contribution < 1.29 is 9.53 Å². The Hall–Kier alpha value is -3.44. The molecule has 5 nitrogen and oxygen atoms in total. The van der Waals surface area contributed by atoms with E-state index in [0.29, 0.717) is 13.1 Å². The molecule has 3 rings (SSSR count). The van der Waals surface area contributed by atoms with E-state index in [1.165, 1.54) is 0 Å². The summed E-state index contributed by atoms with van der Waals surface area (Å²) in [6.07, 6.45) is 14.0. The van der Waals surface area contributed by atoms with Crippen LogP contribution < -0.4 is 0 Å². The first kappa shape index (κ1) is 25.6. The number of terminal acetylenes is 2. The van der Waals surface area contributed by atoms with Crippen molar-refractivity contribution in [3.8, 4) is 25.2 Å². The second-order valence-corrected chi connectivity index (χ2v) is 7.63. The van der Waals surface area contributed by atoms with Gasteiger partial charge in [0.2, 0.25) is 0 Å². The Balaban J connectivity index is 0.00000113. The molecule has 0 bridgehead atoms. The molecule has 0 aliphatic heterocycles. The number of carbonyl (C=O) groups is 1. The monoisotopic (exact) mass is 419 g/mol. The summed E-state index contributed by atoms with van der Waals surface area (Å²) in [6.45, 7) is 12.6. The highest BCUT2D eigenvalue weighted by atomic mass is 16.6. The average Bonchev–Trinajstić information content (AvgIpc) is 3.17. The van der Waals surface area contributed by atoms with E-state index in [1.54, 1.807) is 4.90 Å². The predicted molar refractivity (Wildman–Crippen MR) is 130 cm³/mol. The van der Waals surface area contributed by atoms with Gasteiger partial charge in [0.25, 0.3) is 0 Å². The van der Waals surface area contributed by atoms with Crippen molar-refractivity contribution in [2.45, 2.75) is 60.1 Å². The zero-order valence-corrected chi connectivity index (χ0v) is 19.5. The van der Waals surface area contributed by atoms with Crippen molar-refractivity contribution in [3.63, 3.8) is 0 Å². The second-order valence-electron chi connectivity index (χ2n) is 7.63. The smallest absolute Gasteiger partial charge is 0.410 e. The van der Waals surface area contributed by atoms with Crippen molar-refractivity contribution in [1.29, 1.82) is 0 Å². The Labute approximate surface area is 186 Å². The molecule has 1 amide bonds. The van der Waals surface area contributed by atoms with Crippen LogP contribution in [0.25, 0.3) is 21.8 Å². The molecule has 0 aliphatic carbocycles. The zero-order valence-electron chi connectivity index (χ0n) is 19.5. The highest BCUT2D eigenvalue weighted by Gasteiger charge is 2.22. The standard InChI is InChI=1S/C22H25N3O2.C2H6.C2H2/c1-6-12-25(21(26)27-22(3,4)5)14-19-23-18-11-9-16-13-15(7-2)8-10-17(16)20(18)24-19;2*1-2/h2,8-11,13H,6,12,14H2,1,3-5H3,(H,23,24);1-2H3;1-2H. The quantitative estimate of drug-likeness (QED) is 0.518. The van der Waals surface area contributed by atoms with Gasteiger partial charge in [0, 0.05) is 17.5 Å². The lowest BCUT2D eigenvalue weighted by molar-refractivity contribution is 0.0229. The summed E-state index contributed by atoms with van der Waals surface area (Å²) in [6, 6.07) is 9.91. The van der Waals surface area contributed by atoms with E-state index < -0.39 is 5.60 Å². The molecule has 1 N–H and O–H groups in total. The summed E-state index contributed by atoms with van der Waals surface area (Å²) >= 11 is 0. The number of benzene rings is 2. The van der Waals surface area contributed by atoms with Crippen molar-refractivity contribution >= 4 is 27.9 Å². The van der Waals surface area contributed by atoms with E-state index in [-0.39, 0.29) is 6.09 Å². The number of amides is 1. The molecule has 0 radical (unpaired) electrons. The fourth-order valence-corrected chi connectivity index (χ4v) is 3.03. The third-order valence-corrected chi connectivity index (χ3v) is 4.17.